The van der Waals surface area contributed by atoms with E-state index in [1.165, 1.54) is 12.1 Å². The summed E-state index contributed by atoms with van der Waals surface area (Å²) in [6.45, 7) is 1.26. The summed E-state index contributed by atoms with van der Waals surface area (Å²) in [6.07, 6.45) is -0.414. The van der Waals surface area contributed by atoms with Crippen LogP contribution in [0.15, 0.2) is 18.2 Å². The molecule has 0 N–H and O–H groups in total. The van der Waals surface area contributed by atoms with Crippen LogP contribution >= 0.6 is 11.6 Å². The topological polar surface area (TPSA) is 27.7 Å². The van der Waals surface area contributed by atoms with Crippen molar-refractivity contribution in [3.63, 3.8) is 0 Å². The van der Waals surface area contributed by atoms with Gasteiger partial charge in [0.15, 0.2) is 17.9 Å². The third kappa shape index (κ3) is 2.59. The average molecular weight is 233 g/mol. The molecular weight excluding hydrogens is 223 g/mol. The van der Waals surface area contributed by atoms with E-state index in [0.717, 1.165) is 0 Å². The molecule has 0 saturated carbocycles. The molecule has 3 nitrogen and oxygen atoms in total. The van der Waals surface area contributed by atoms with Crippen LogP contribution in [0.3, 0.4) is 0 Å². The minimum Gasteiger partial charge on any atom is -0.485 e. The van der Waals surface area contributed by atoms with Gasteiger partial charge in [-0.2, -0.15) is 0 Å². The summed E-state index contributed by atoms with van der Waals surface area (Å²) in [7, 11) is 0. The highest BCUT2D eigenvalue weighted by molar-refractivity contribution is 6.30. The monoisotopic (exact) mass is 232 g/mol. The summed E-state index contributed by atoms with van der Waals surface area (Å²) in [5.41, 5.74) is 0. The number of hydrogen-bond donors (Lipinski definition) is 0. The maximum Gasteiger partial charge on any atom is 0.191 e. The number of ether oxygens (including phenoxy) is 3. The van der Waals surface area contributed by atoms with E-state index in [-0.39, 0.29) is 17.4 Å². The van der Waals surface area contributed by atoms with Gasteiger partial charge in [-0.15, -0.1) is 0 Å². The molecule has 1 fully saturated rings. The molecule has 1 aromatic carbocycles. The highest BCUT2D eigenvalue weighted by atomic mass is 35.5. The van der Waals surface area contributed by atoms with Crippen LogP contribution in [0.1, 0.15) is 0 Å². The molecule has 0 unspecified atom stereocenters. The Morgan fingerprint density at radius 3 is 2.87 bits per heavy atom. The third-order valence-corrected chi connectivity index (χ3v) is 2.27. The third-order valence-electron chi connectivity index (χ3n) is 1.98. The van der Waals surface area contributed by atoms with Crippen LogP contribution in [-0.2, 0) is 9.47 Å². The molecule has 0 aromatic heterocycles. The molecule has 0 radical (unpaired) electrons. The quantitative estimate of drug-likeness (QED) is 0.800. The van der Waals surface area contributed by atoms with Crippen LogP contribution < -0.4 is 4.74 Å². The highest BCUT2D eigenvalue weighted by Crippen LogP contribution is 2.24. The molecule has 1 aliphatic rings. The molecule has 0 atom stereocenters. The van der Waals surface area contributed by atoms with Crippen molar-refractivity contribution in [1.29, 1.82) is 0 Å². The molecule has 0 bridgehead atoms. The summed E-state index contributed by atoms with van der Waals surface area (Å²) in [4.78, 5) is 0. The van der Waals surface area contributed by atoms with E-state index in [9.17, 15) is 4.39 Å². The SMILES string of the molecule is Fc1c(Cl)cccc1OCC1OCCO1. The second-order valence-corrected chi connectivity index (χ2v) is 3.44. The fourth-order valence-corrected chi connectivity index (χ4v) is 1.42. The van der Waals surface area contributed by atoms with E-state index < -0.39 is 12.1 Å². The van der Waals surface area contributed by atoms with Gasteiger partial charge in [-0.3, -0.25) is 0 Å². The fourth-order valence-electron chi connectivity index (χ4n) is 1.26. The minimum absolute atomic E-state index is 0.0424. The lowest BCUT2D eigenvalue weighted by Gasteiger charge is -2.11. The van der Waals surface area contributed by atoms with Gasteiger partial charge in [0.05, 0.1) is 18.2 Å². The van der Waals surface area contributed by atoms with Crippen molar-refractivity contribution in [2.75, 3.05) is 19.8 Å². The first kappa shape index (κ1) is 10.7. The molecule has 0 amide bonds. The first-order chi connectivity index (χ1) is 7.27. The van der Waals surface area contributed by atoms with Gasteiger partial charge < -0.3 is 14.2 Å². The van der Waals surface area contributed by atoms with E-state index >= 15 is 0 Å². The molecule has 1 saturated heterocycles. The molecule has 2 rings (SSSR count). The fraction of sp³-hybridized carbons (Fsp3) is 0.400. The van der Waals surface area contributed by atoms with Gasteiger partial charge in [-0.25, -0.2) is 4.39 Å². The van der Waals surface area contributed by atoms with Gasteiger partial charge in [0.25, 0.3) is 0 Å². The Morgan fingerprint density at radius 1 is 1.40 bits per heavy atom. The Balaban J connectivity index is 1.95. The first-order valence-electron chi connectivity index (χ1n) is 4.57. The van der Waals surface area contributed by atoms with Crippen LogP contribution in [-0.4, -0.2) is 26.1 Å². The van der Waals surface area contributed by atoms with Crippen LogP contribution in [0, 0.1) is 5.82 Å². The number of halogens is 2. The second-order valence-electron chi connectivity index (χ2n) is 3.03. The molecule has 0 aliphatic carbocycles. The minimum atomic E-state index is -0.558. The number of hydrogen-bond acceptors (Lipinski definition) is 3. The lowest BCUT2D eigenvalue weighted by Crippen LogP contribution is -2.18. The van der Waals surface area contributed by atoms with Crippen LogP contribution in [0.2, 0.25) is 5.02 Å². The van der Waals surface area contributed by atoms with E-state index in [1.54, 1.807) is 6.07 Å². The normalized spacial score (nSPS) is 16.9. The van der Waals surface area contributed by atoms with Crippen molar-refractivity contribution in [1.82, 2.24) is 0 Å². The lowest BCUT2D eigenvalue weighted by molar-refractivity contribution is -0.0689. The van der Waals surface area contributed by atoms with E-state index in [4.69, 9.17) is 25.8 Å². The van der Waals surface area contributed by atoms with Gasteiger partial charge >= 0.3 is 0 Å². The van der Waals surface area contributed by atoms with Gasteiger partial charge in [0.1, 0.15) is 6.61 Å². The van der Waals surface area contributed by atoms with Crippen molar-refractivity contribution in [2.24, 2.45) is 0 Å². The maximum absolute atomic E-state index is 13.3. The molecule has 1 aromatic rings. The number of benzene rings is 1. The van der Waals surface area contributed by atoms with Crippen molar-refractivity contribution in [3.05, 3.63) is 29.0 Å². The summed E-state index contributed by atoms with van der Waals surface area (Å²) in [5, 5.41) is 0.0424. The Morgan fingerprint density at radius 2 is 2.13 bits per heavy atom. The molecule has 15 heavy (non-hydrogen) atoms. The van der Waals surface area contributed by atoms with Gasteiger partial charge in [-0.1, -0.05) is 17.7 Å². The molecule has 0 spiro atoms. The van der Waals surface area contributed by atoms with Crippen LogP contribution in [0.4, 0.5) is 4.39 Å². The van der Waals surface area contributed by atoms with Crippen molar-refractivity contribution in [2.45, 2.75) is 6.29 Å². The average Bonchev–Trinajstić information content (AvgIpc) is 2.73. The van der Waals surface area contributed by atoms with E-state index in [2.05, 4.69) is 0 Å². The van der Waals surface area contributed by atoms with Crippen molar-refractivity contribution in [3.8, 4) is 5.75 Å². The summed E-state index contributed by atoms with van der Waals surface area (Å²) < 4.78 is 28.8. The Bertz CT molecular complexity index is 339. The largest absolute Gasteiger partial charge is 0.485 e. The van der Waals surface area contributed by atoms with Gasteiger partial charge in [0.2, 0.25) is 0 Å². The Labute approximate surface area is 91.7 Å². The van der Waals surface area contributed by atoms with Crippen LogP contribution in [0.25, 0.3) is 0 Å². The molecule has 82 valence electrons. The lowest BCUT2D eigenvalue weighted by atomic mass is 10.3. The zero-order chi connectivity index (χ0) is 10.7. The molecule has 1 heterocycles. The number of rotatable bonds is 3. The predicted octanol–water partition coefficient (Wildman–Crippen LogP) is 2.23. The Kier molecular flexibility index (Phi) is 3.41. The van der Waals surface area contributed by atoms with Crippen molar-refractivity contribution >= 4 is 11.6 Å². The van der Waals surface area contributed by atoms with E-state index in [0.29, 0.717) is 13.2 Å². The zero-order valence-corrected chi connectivity index (χ0v) is 8.67. The van der Waals surface area contributed by atoms with Crippen molar-refractivity contribution < 1.29 is 18.6 Å². The smallest absolute Gasteiger partial charge is 0.191 e. The van der Waals surface area contributed by atoms with E-state index in [1.807, 2.05) is 0 Å². The molecular formula is C10H10ClFO3. The van der Waals surface area contributed by atoms with Gasteiger partial charge in [-0.05, 0) is 12.1 Å². The molecule has 1 aliphatic heterocycles. The second kappa shape index (κ2) is 4.79. The standard InChI is InChI=1S/C10H10ClFO3/c11-7-2-1-3-8(10(7)12)15-6-9-13-4-5-14-9/h1-3,9H,4-6H2. The highest BCUT2D eigenvalue weighted by Gasteiger charge is 2.17. The predicted molar refractivity (Wildman–Crippen MR) is 52.6 cm³/mol. The zero-order valence-electron chi connectivity index (χ0n) is 7.91. The first-order valence-corrected chi connectivity index (χ1v) is 4.95. The molecule has 5 heteroatoms. The summed E-state index contributed by atoms with van der Waals surface area (Å²) >= 11 is 5.59. The Hall–Kier alpha value is -0.840. The maximum atomic E-state index is 13.3. The summed E-state index contributed by atoms with van der Waals surface area (Å²) in [5.74, 6) is -0.446. The summed E-state index contributed by atoms with van der Waals surface area (Å²) in [6, 6.07) is 4.60. The van der Waals surface area contributed by atoms with Gasteiger partial charge in [0, 0.05) is 0 Å². The van der Waals surface area contributed by atoms with Crippen LogP contribution in [0.5, 0.6) is 5.75 Å².